The smallest absolute Gasteiger partial charge is 0.137 e. The molecule has 0 atom stereocenters. The summed E-state index contributed by atoms with van der Waals surface area (Å²) in [6.45, 7) is 5.90. The van der Waals surface area contributed by atoms with Crippen LogP contribution in [0.3, 0.4) is 0 Å². The Bertz CT molecular complexity index is 972. The molecule has 2 N–H and O–H groups in total. The highest BCUT2D eigenvalue weighted by Crippen LogP contribution is 2.29. The molecule has 3 heterocycles. The predicted molar refractivity (Wildman–Crippen MR) is 114 cm³/mol. The number of aryl methyl sites for hydroxylation is 1. The van der Waals surface area contributed by atoms with E-state index in [0.29, 0.717) is 12.1 Å². The molecule has 3 aromatic rings. The zero-order chi connectivity index (χ0) is 19.6. The molecule has 0 unspecified atom stereocenters. The third kappa shape index (κ3) is 3.97. The van der Waals surface area contributed by atoms with Crippen LogP contribution in [-0.4, -0.2) is 63.2 Å². The first-order valence-electron chi connectivity index (χ1n) is 10.6. The highest BCUT2D eigenvalue weighted by Gasteiger charge is 2.27. The van der Waals surface area contributed by atoms with Crippen molar-refractivity contribution >= 4 is 16.7 Å². The van der Waals surface area contributed by atoms with Crippen LogP contribution in [0.4, 0.5) is 5.82 Å². The molecule has 0 amide bonds. The molecule has 0 bridgehead atoms. The molecule has 2 fully saturated rings. The first kappa shape index (κ1) is 18.5. The van der Waals surface area contributed by atoms with Crippen LogP contribution in [0.25, 0.3) is 22.3 Å². The van der Waals surface area contributed by atoms with Crippen LogP contribution >= 0.6 is 0 Å². The van der Waals surface area contributed by atoms with Crippen LogP contribution in [0.15, 0.2) is 30.7 Å². The van der Waals surface area contributed by atoms with E-state index >= 15 is 0 Å². The van der Waals surface area contributed by atoms with Crippen LogP contribution in [-0.2, 0) is 4.74 Å². The van der Waals surface area contributed by atoms with Crippen LogP contribution in [0, 0.1) is 6.92 Å². The van der Waals surface area contributed by atoms with E-state index in [0.717, 1.165) is 60.1 Å². The van der Waals surface area contributed by atoms with Crippen molar-refractivity contribution in [1.29, 1.82) is 0 Å². The van der Waals surface area contributed by atoms with Crippen LogP contribution < -0.4 is 5.32 Å². The molecule has 0 spiro atoms. The lowest BCUT2D eigenvalue weighted by molar-refractivity contribution is 0.00791. The van der Waals surface area contributed by atoms with Crippen LogP contribution in [0.1, 0.15) is 31.4 Å². The molecular weight excluding hydrogens is 364 g/mol. The monoisotopic (exact) mass is 392 g/mol. The van der Waals surface area contributed by atoms with Crippen LogP contribution in [0.5, 0.6) is 0 Å². The van der Waals surface area contributed by atoms with Crippen molar-refractivity contribution in [1.82, 2.24) is 24.8 Å². The molecule has 152 valence electrons. The average Bonchev–Trinajstić information content (AvgIpc) is 3.21. The lowest BCUT2D eigenvalue weighted by atomic mass is 9.90. The summed E-state index contributed by atoms with van der Waals surface area (Å²) in [5, 5.41) is 4.76. The van der Waals surface area contributed by atoms with Crippen molar-refractivity contribution in [2.45, 2.75) is 44.7 Å². The number of nitrogens with zero attached hydrogens (tertiary/aromatic N) is 4. The van der Waals surface area contributed by atoms with E-state index in [4.69, 9.17) is 4.74 Å². The fraction of sp³-hybridized carbons (Fsp3) is 0.500. The Morgan fingerprint density at radius 3 is 2.69 bits per heavy atom. The van der Waals surface area contributed by atoms with Crippen molar-refractivity contribution in [3.63, 3.8) is 0 Å². The van der Waals surface area contributed by atoms with Crippen molar-refractivity contribution in [2.75, 3.05) is 31.6 Å². The number of hydrogen-bond acceptors (Lipinski definition) is 6. The van der Waals surface area contributed by atoms with E-state index in [1.165, 1.54) is 25.7 Å². The topological polar surface area (TPSA) is 79.0 Å². The van der Waals surface area contributed by atoms with Gasteiger partial charge in [0.2, 0.25) is 0 Å². The Kier molecular flexibility index (Phi) is 5.16. The van der Waals surface area contributed by atoms with Crippen molar-refractivity contribution < 1.29 is 4.74 Å². The molecule has 2 aliphatic rings. The van der Waals surface area contributed by atoms with Gasteiger partial charge in [0.1, 0.15) is 18.0 Å². The molecule has 1 aromatic carbocycles. The van der Waals surface area contributed by atoms with Gasteiger partial charge in [-0.3, -0.25) is 4.90 Å². The summed E-state index contributed by atoms with van der Waals surface area (Å²) in [5.74, 6) is 1.81. The lowest BCUT2D eigenvalue weighted by Gasteiger charge is -2.39. The number of morpholine rings is 1. The van der Waals surface area contributed by atoms with Gasteiger partial charge in [-0.15, -0.1) is 0 Å². The number of nitrogens with one attached hydrogen (secondary N) is 2. The standard InChI is InChI=1S/C22H28N6O/c1-15-13-23-21(26-15)16-2-7-20-19(12-16)22(25-14-24-20)27-17-3-5-18(6-4-17)28-8-10-29-11-9-28/h2,7,12-14,17-18H,3-6,8-11H2,1H3,(H,23,26)(H,24,25,27). The van der Waals surface area contributed by atoms with Gasteiger partial charge in [-0.05, 0) is 50.8 Å². The van der Waals surface area contributed by atoms with Gasteiger partial charge >= 0.3 is 0 Å². The summed E-state index contributed by atoms with van der Waals surface area (Å²) < 4.78 is 5.50. The summed E-state index contributed by atoms with van der Waals surface area (Å²) in [6, 6.07) is 7.40. The minimum atomic E-state index is 0.458. The van der Waals surface area contributed by atoms with Gasteiger partial charge in [0.05, 0.1) is 24.4 Å². The Morgan fingerprint density at radius 2 is 1.93 bits per heavy atom. The third-order valence-corrected chi connectivity index (χ3v) is 6.21. The average molecular weight is 393 g/mol. The fourth-order valence-electron chi connectivity index (χ4n) is 4.60. The number of rotatable bonds is 4. The summed E-state index contributed by atoms with van der Waals surface area (Å²) >= 11 is 0. The number of H-pyrrole nitrogens is 1. The Labute approximate surface area is 170 Å². The minimum Gasteiger partial charge on any atom is -0.379 e. The van der Waals surface area contributed by atoms with Crippen LogP contribution in [0.2, 0.25) is 0 Å². The predicted octanol–water partition coefficient (Wildman–Crippen LogP) is 3.38. The SMILES string of the molecule is Cc1c[nH]c(-c2ccc3ncnc(NC4CCC(N5CCOCC5)CC4)c3c2)n1. The highest BCUT2D eigenvalue weighted by molar-refractivity contribution is 5.92. The van der Waals surface area contributed by atoms with Gasteiger partial charge in [0.15, 0.2) is 0 Å². The largest absolute Gasteiger partial charge is 0.379 e. The zero-order valence-corrected chi connectivity index (χ0v) is 16.9. The first-order chi connectivity index (χ1) is 14.3. The maximum atomic E-state index is 5.50. The van der Waals surface area contributed by atoms with E-state index in [2.05, 4.69) is 42.3 Å². The Morgan fingerprint density at radius 1 is 1.10 bits per heavy atom. The van der Waals surface area contributed by atoms with Gasteiger partial charge < -0.3 is 15.0 Å². The first-order valence-corrected chi connectivity index (χ1v) is 10.6. The second-order valence-corrected chi connectivity index (χ2v) is 8.14. The van der Waals surface area contributed by atoms with E-state index in [1.807, 2.05) is 19.2 Å². The van der Waals surface area contributed by atoms with E-state index < -0.39 is 0 Å². The summed E-state index contributed by atoms with van der Waals surface area (Å²) in [5.41, 5.74) is 3.00. The van der Waals surface area contributed by atoms with Crippen molar-refractivity contribution in [3.8, 4) is 11.4 Å². The lowest BCUT2D eigenvalue weighted by Crippen LogP contribution is -2.46. The number of ether oxygens (including phenoxy) is 1. The maximum absolute atomic E-state index is 5.50. The molecule has 7 heteroatoms. The third-order valence-electron chi connectivity index (χ3n) is 6.21. The summed E-state index contributed by atoms with van der Waals surface area (Å²) in [7, 11) is 0. The molecule has 5 rings (SSSR count). The normalized spacial score (nSPS) is 23.3. The Hall–Kier alpha value is -2.51. The highest BCUT2D eigenvalue weighted by atomic mass is 16.5. The number of aromatic nitrogens is 4. The second kappa shape index (κ2) is 8.08. The summed E-state index contributed by atoms with van der Waals surface area (Å²) in [6.07, 6.45) is 8.39. The number of benzene rings is 1. The second-order valence-electron chi connectivity index (χ2n) is 8.14. The van der Waals surface area contributed by atoms with Gasteiger partial charge in [-0.2, -0.15) is 0 Å². The molecule has 0 radical (unpaired) electrons. The molecule has 2 aromatic heterocycles. The Balaban J connectivity index is 1.31. The van der Waals surface area contributed by atoms with E-state index in [1.54, 1.807) is 6.33 Å². The molecule has 1 aliphatic carbocycles. The van der Waals surface area contributed by atoms with Gasteiger partial charge in [-0.25, -0.2) is 15.0 Å². The number of anilines is 1. The zero-order valence-electron chi connectivity index (χ0n) is 16.9. The van der Waals surface area contributed by atoms with E-state index in [-0.39, 0.29) is 0 Å². The number of imidazole rings is 1. The molecule has 29 heavy (non-hydrogen) atoms. The number of aromatic amines is 1. The van der Waals surface area contributed by atoms with Crippen molar-refractivity contribution in [2.24, 2.45) is 0 Å². The van der Waals surface area contributed by atoms with Crippen molar-refractivity contribution in [3.05, 3.63) is 36.4 Å². The fourth-order valence-corrected chi connectivity index (χ4v) is 4.60. The minimum absolute atomic E-state index is 0.458. The molecule has 1 aliphatic heterocycles. The quantitative estimate of drug-likeness (QED) is 0.709. The number of hydrogen-bond donors (Lipinski definition) is 2. The van der Waals surface area contributed by atoms with Gasteiger partial charge in [-0.1, -0.05) is 0 Å². The molecule has 1 saturated carbocycles. The number of fused-ring (bicyclic) bond motifs is 1. The maximum Gasteiger partial charge on any atom is 0.137 e. The molecule has 1 saturated heterocycles. The van der Waals surface area contributed by atoms with Gasteiger partial charge in [0, 0.05) is 42.3 Å². The van der Waals surface area contributed by atoms with Gasteiger partial charge in [0.25, 0.3) is 0 Å². The molecular formula is C22H28N6O. The molecule has 7 nitrogen and oxygen atoms in total. The van der Waals surface area contributed by atoms with E-state index in [9.17, 15) is 0 Å². The summed E-state index contributed by atoms with van der Waals surface area (Å²) in [4.78, 5) is 19.4.